The van der Waals surface area contributed by atoms with Gasteiger partial charge in [-0.1, -0.05) is 57.2 Å². The average Bonchev–Trinajstić information content (AvgIpc) is 3.13. The first kappa shape index (κ1) is 19.4. The van der Waals surface area contributed by atoms with Gasteiger partial charge in [0.25, 0.3) is 0 Å². The Hall–Kier alpha value is -2.94. The first-order valence-electron chi connectivity index (χ1n) is 10.4. The minimum absolute atomic E-state index is 0.149. The Morgan fingerprint density at radius 1 is 0.655 bits per heavy atom. The summed E-state index contributed by atoms with van der Waals surface area (Å²) < 4.78 is 0. The van der Waals surface area contributed by atoms with Crippen LogP contribution in [0.1, 0.15) is 62.4 Å². The van der Waals surface area contributed by atoms with E-state index < -0.39 is 0 Å². The van der Waals surface area contributed by atoms with Gasteiger partial charge in [-0.05, 0) is 71.3 Å². The molecule has 3 heteroatoms. The summed E-state index contributed by atoms with van der Waals surface area (Å²) >= 11 is 0. The van der Waals surface area contributed by atoms with Gasteiger partial charge in [-0.25, -0.2) is 0 Å². The third kappa shape index (κ3) is 3.95. The van der Waals surface area contributed by atoms with Gasteiger partial charge >= 0.3 is 0 Å². The Kier molecular flexibility index (Phi) is 4.99. The lowest BCUT2D eigenvalue weighted by Crippen LogP contribution is -2.26. The minimum Gasteiger partial charge on any atom is -0.399 e. The van der Waals surface area contributed by atoms with Crippen LogP contribution in [0.4, 0.5) is 17.1 Å². The van der Waals surface area contributed by atoms with Gasteiger partial charge in [0, 0.05) is 17.1 Å². The maximum absolute atomic E-state index is 5.94. The molecule has 0 radical (unpaired) electrons. The molecule has 1 unspecified atom stereocenters. The summed E-state index contributed by atoms with van der Waals surface area (Å²) in [6, 6.07) is 26.5. The quantitative estimate of drug-likeness (QED) is 0.525. The van der Waals surface area contributed by atoms with E-state index in [0.717, 1.165) is 24.2 Å². The molecule has 1 aliphatic heterocycles. The summed E-state index contributed by atoms with van der Waals surface area (Å²) in [6.45, 7) is 6.77. The Morgan fingerprint density at radius 2 is 1.07 bits per heavy atom. The zero-order valence-corrected chi connectivity index (χ0v) is 17.6. The number of hydrogen-bond acceptors (Lipinski definition) is 3. The molecule has 3 nitrogen and oxygen atoms in total. The van der Waals surface area contributed by atoms with E-state index in [1.165, 1.54) is 22.4 Å². The second kappa shape index (κ2) is 7.47. The molecule has 0 saturated carbocycles. The molecular formula is C26H31N3. The van der Waals surface area contributed by atoms with Crippen LogP contribution in [0.5, 0.6) is 0 Å². The molecule has 0 spiro atoms. The highest BCUT2D eigenvalue weighted by Gasteiger charge is 2.35. The molecule has 29 heavy (non-hydrogen) atoms. The smallest absolute Gasteiger partial charge is 0.0549 e. The molecule has 3 aromatic rings. The molecule has 150 valence electrons. The second-order valence-corrected chi connectivity index (χ2v) is 9.15. The van der Waals surface area contributed by atoms with Gasteiger partial charge in [-0.15, -0.1) is 0 Å². The van der Waals surface area contributed by atoms with Gasteiger partial charge < -0.3 is 16.4 Å². The van der Waals surface area contributed by atoms with Crippen LogP contribution >= 0.6 is 0 Å². The Labute approximate surface area is 174 Å². The lowest BCUT2D eigenvalue weighted by Gasteiger charge is -2.34. The van der Waals surface area contributed by atoms with Crippen LogP contribution in [0.25, 0.3) is 0 Å². The number of hydrogen-bond donors (Lipinski definition) is 2. The summed E-state index contributed by atoms with van der Waals surface area (Å²) in [4.78, 5) is 2.57. The topological polar surface area (TPSA) is 55.3 Å². The Bertz CT molecular complexity index is 897. The largest absolute Gasteiger partial charge is 0.399 e. The number of anilines is 3. The molecule has 1 saturated heterocycles. The van der Waals surface area contributed by atoms with E-state index in [4.69, 9.17) is 11.5 Å². The molecule has 4 rings (SSSR count). The highest BCUT2D eigenvalue weighted by molar-refractivity contribution is 5.56. The van der Waals surface area contributed by atoms with Gasteiger partial charge in [-0.3, -0.25) is 0 Å². The van der Waals surface area contributed by atoms with E-state index in [2.05, 4.69) is 74.2 Å². The lowest BCUT2D eigenvalue weighted by atomic mass is 9.87. The van der Waals surface area contributed by atoms with Crippen molar-refractivity contribution >= 4 is 17.1 Å². The first-order valence-corrected chi connectivity index (χ1v) is 10.4. The van der Waals surface area contributed by atoms with Gasteiger partial charge in [0.05, 0.1) is 12.1 Å². The van der Waals surface area contributed by atoms with Crippen molar-refractivity contribution in [2.45, 2.75) is 51.1 Å². The minimum atomic E-state index is 0.149. The molecule has 4 N–H and O–H groups in total. The molecule has 0 aliphatic carbocycles. The predicted molar refractivity (Wildman–Crippen MR) is 124 cm³/mol. The van der Waals surface area contributed by atoms with E-state index >= 15 is 0 Å². The molecule has 1 fully saturated rings. The molecule has 1 heterocycles. The van der Waals surface area contributed by atoms with Crippen LogP contribution in [-0.4, -0.2) is 0 Å². The SMILES string of the molecule is CC(C)(C)c1ccc(N2C(c3ccc(N)cc3)CC[C@@H]2c2ccc(N)cc2)cc1. The van der Waals surface area contributed by atoms with Gasteiger partial charge in [0.15, 0.2) is 0 Å². The zero-order chi connectivity index (χ0) is 20.6. The van der Waals surface area contributed by atoms with Crippen molar-refractivity contribution in [3.8, 4) is 0 Å². The lowest BCUT2D eigenvalue weighted by molar-refractivity contribution is 0.589. The predicted octanol–water partition coefficient (Wildman–Crippen LogP) is 6.23. The summed E-state index contributed by atoms with van der Waals surface area (Å²) in [5.74, 6) is 0. The first-order chi connectivity index (χ1) is 13.8. The van der Waals surface area contributed by atoms with Crippen molar-refractivity contribution in [1.82, 2.24) is 0 Å². The van der Waals surface area contributed by atoms with E-state index in [9.17, 15) is 0 Å². The van der Waals surface area contributed by atoms with Crippen LogP contribution in [0.2, 0.25) is 0 Å². The number of nitrogens with two attached hydrogens (primary N) is 2. The molecular weight excluding hydrogens is 354 g/mol. The Balaban J connectivity index is 1.74. The summed E-state index contributed by atoms with van der Waals surface area (Å²) in [6.07, 6.45) is 2.22. The fourth-order valence-corrected chi connectivity index (χ4v) is 4.40. The van der Waals surface area contributed by atoms with E-state index in [0.29, 0.717) is 12.1 Å². The standard InChI is InChI=1S/C26H31N3/c1-26(2,3)20-8-14-23(15-9-20)29-24(18-4-10-21(27)11-5-18)16-17-25(29)19-6-12-22(28)13-7-19/h4-15,24-25H,16-17,27-28H2,1-3H3/t24-,25?/m1/s1. The van der Waals surface area contributed by atoms with Crippen LogP contribution in [-0.2, 0) is 5.41 Å². The van der Waals surface area contributed by atoms with Crippen molar-refractivity contribution in [2.24, 2.45) is 0 Å². The van der Waals surface area contributed by atoms with E-state index in [1.807, 2.05) is 24.3 Å². The van der Waals surface area contributed by atoms with Crippen molar-refractivity contribution in [3.05, 3.63) is 89.5 Å². The average molecular weight is 386 g/mol. The number of nitrogens with zero attached hydrogens (tertiary/aromatic N) is 1. The summed E-state index contributed by atoms with van der Waals surface area (Å²) in [5.41, 5.74) is 18.9. The van der Waals surface area contributed by atoms with Crippen molar-refractivity contribution in [1.29, 1.82) is 0 Å². The monoisotopic (exact) mass is 385 g/mol. The molecule has 3 aromatic carbocycles. The van der Waals surface area contributed by atoms with Crippen LogP contribution in [0.15, 0.2) is 72.8 Å². The normalized spacial score (nSPS) is 19.5. The van der Waals surface area contributed by atoms with Crippen molar-refractivity contribution < 1.29 is 0 Å². The Morgan fingerprint density at radius 3 is 1.45 bits per heavy atom. The second-order valence-electron chi connectivity index (χ2n) is 9.15. The van der Waals surface area contributed by atoms with E-state index in [1.54, 1.807) is 0 Å². The highest BCUT2D eigenvalue weighted by Crippen LogP contribution is 2.47. The maximum Gasteiger partial charge on any atom is 0.0549 e. The van der Waals surface area contributed by atoms with Gasteiger partial charge in [-0.2, -0.15) is 0 Å². The third-order valence-electron chi connectivity index (χ3n) is 6.06. The van der Waals surface area contributed by atoms with E-state index in [-0.39, 0.29) is 5.41 Å². The number of rotatable bonds is 3. The molecule has 0 aromatic heterocycles. The molecule has 2 atom stereocenters. The van der Waals surface area contributed by atoms with Gasteiger partial charge in [0.2, 0.25) is 0 Å². The molecule has 1 aliphatic rings. The fraction of sp³-hybridized carbons (Fsp3) is 0.308. The zero-order valence-electron chi connectivity index (χ0n) is 17.6. The fourth-order valence-electron chi connectivity index (χ4n) is 4.40. The maximum atomic E-state index is 5.94. The van der Waals surface area contributed by atoms with Crippen molar-refractivity contribution in [3.63, 3.8) is 0 Å². The van der Waals surface area contributed by atoms with Gasteiger partial charge in [0.1, 0.15) is 0 Å². The number of benzene rings is 3. The third-order valence-corrected chi connectivity index (χ3v) is 6.06. The van der Waals surface area contributed by atoms with Crippen LogP contribution in [0, 0.1) is 0 Å². The molecule has 0 amide bonds. The molecule has 0 bridgehead atoms. The van der Waals surface area contributed by atoms with Crippen LogP contribution < -0.4 is 16.4 Å². The highest BCUT2D eigenvalue weighted by atomic mass is 15.2. The van der Waals surface area contributed by atoms with Crippen molar-refractivity contribution in [2.75, 3.05) is 16.4 Å². The number of nitrogen functional groups attached to an aromatic ring is 2. The summed E-state index contributed by atoms with van der Waals surface area (Å²) in [5, 5.41) is 0. The summed E-state index contributed by atoms with van der Waals surface area (Å²) in [7, 11) is 0. The van der Waals surface area contributed by atoms with Crippen LogP contribution in [0.3, 0.4) is 0 Å².